The number of fused-ring (bicyclic) bond motifs is 4. The Morgan fingerprint density at radius 3 is 2.21 bits per heavy atom. The van der Waals surface area contributed by atoms with E-state index >= 15 is 0 Å². The smallest absolute Gasteiger partial charge is 0.0462 e. The number of hydrogen-bond donors (Lipinski definition) is 0. The Morgan fingerprint density at radius 2 is 1.34 bits per heavy atom. The second-order valence-corrected chi connectivity index (χ2v) is 7.96. The van der Waals surface area contributed by atoms with Crippen LogP contribution in [0, 0.1) is 6.92 Å². The highest BCUT2D eigenvalue weighted by Gasteiger charge is 2.21. The standard InChI is InChI=1S/C28H21N/c1-19-17-29-18-22(20-8-3-2-4-9-20)14-23(29)16-27(19)26-13-7-12-25-24-11-6-5-10-21(24)15-28(25)26/h2-14,16-18H,15H2,1H3. The lowest BCUT2D eigenvalue weighted by atomic mass is 9.93. The number of aromatic nitrogens is 1. The Morgan fingerprint density at radius 1 is 0.621 bits per heavy atom. The molecule has 0 bridgehead atoms. The number of aryl methyl sites for hydroxylation is 1. The van der Waals surface area contributed by atoms with Crippen molar-refractivity contribution in [3.8, 4) is 33.4 Å². The molecule has 2 aromatic heterocycles. The van der Waals surface area contributed by atoms with Gasteiger partial charge in [-0.1, -0.05) is 72.8 Å². The van der Waals surface area contributed by atoms with Crippen molar-refractivity contribution >= 4 is 5.52 Å². The van der Waals surface area contributed by atoms with Crippen LogP contribution < -0.4 is 0 Å². The highest BCUT2D eigenvalue weighted by atomic mass is 14.9. The van der Waals surface area contributed by atoms with Crippen molar-refractivity contribution in [3.63, 3.8) is 0 Å². The summed E-state index contributed by atoms with van der Waals surface area (Å²) >= 11 is 0. The summed E-state index contributed by atoms with van der Waals surface area (Å²) in [5.74, 6) is 0. The summed E-state index contributed by atoms with van der Waals surface area (Å²) in [6, 6.07) is 30.8. The summed E-state index contributed by atoms with van der Waals surface area (Å²) in [6.45, 7) is 2.22. The molecule has 29 heavy (non-hydrogen) atoms. The van der Waals surface area contributed by atoms with Gasteiger partial charge in [-0.2, -0.15) is 0 Å². The van der Waals surface area contributed by atoms with Crippen molar-refractivity contribution < 1.29 is 0 Å². The molecule has 1 nitrogen and oxygen atoms in total. The third kappa shape index (κ3) is 2.55. The number of benzene rings is 3. The lowest BCUT2D eigenvalue weighted by Gasteiger charge is -2.12. The largest absolute Gasteiger partial charge is 0.323 e. The van der Waals surface area contributed by atoms with E-state index in [9.17, 15) is 0 Å². The summed E-state index contributed by atoms with van der Waals surface area (Å²) < 4.78 is 2.25. The minimum Gasteiger partial charge on any atom is -0.323 e. The second kappa shape index (κ2) is 6.22. The third-order valence-electron chi connectivity index (χ3n) is 6.18. The van der Waals surface area contributed by atoms with E-state index in [1.165, 1.54) is 55.6 Å². The van der Waals surface area contributed by atoms with Crippen LogP contribution in [0.5, 0.6) is 0 Å². The summed E-state index contributed by atoms with van der Waals surface area (Å²) in [7, 11) is 0. The predicted molar refractivity (Wildman–Crippen MR) is 121 cm³/mol. The molecular formula is C28H21N. The van der Waals surface area contributed by atoms with Crippen molar-refractivity contribution in [1.29, 1.82) is 0 Å². The van der Waals surface area contributed by atoms with Crippen LogP contribution in [0.25, 0.3) is 38.9 Å². The molecule has 0 saturated carbocycles. The molecule has 0 radical (unpaired) electrons. The molecule has 1 aliphatic rings. The van der Waals surface area contributed by atoms with Gasteiger partial charge in [0.2, 0.25) is 0 Å². The van der Waals surface area contributed by atoms with Crippen LogP contribution in [0.1, 0.15) is 16.7 Å². The van der Waals surface area contributed by atoms with Gasteiger partial charge in [0.1, 0.15) is 0 Å². The van der Waals surface area contributed by atoms with Gasteiger partial charge in [-0.05, 0) is 70.0 Å². The molecule has 2 heterocycles. The molecule has 0 atom stereocenters. The van der Waals surface area contributed by atoms with Crippen LogP contribution in [0.3, 0.4) is 0 Å². The zero-order chi connectivity index (χ0) is 19.4. The molecule has 0 amide bonds. The van der Waals surface area contributed by atoms with E-state index in [-0.39, 0.29) is 0 Å². The van der Waals surface area contributed by atoms with E-state index in [2.05, 4.69) is 109 Å². The summed E-state index contributed by atoms with van der Waals surface area (Å²) in [5, 5.41) is 0. The summed E-state index contributed by atoms with van der Waals surface area (Å²) in [6.07, 6.45) is 5.51. The average Bonchev–Trinajstić information content (AvgIpc) is 3.35. The van der Waals surface area contributed by atoms with Crippen LogP contribution in [0.4, 0.5) is 0 Å². The fourth-order valence-electron chi connectivity index (χ4n) is 4.75. The van der Waals surface area contributed by atoms with Crippen LogP contribution in [0.2, 0.25) is 0 Å². The molecule has 1 aliphatic carbocycles. The molecule has 0 saturated heterocycles. The van der Waals surface area contributed by atoms with Gasteiger partial charge in [0.25, 0.3) is 0 Å². The zero-order valence-corrected chi connectivity index (χ0v) is 16.4. The summed E-state index contributed by atoms with van der Waals surface area (Å²) in [5.41, 5.74) is 13.4. The molecular weight excluding hydrogens is 350 g/mol. The van der Waals surface area contributed by atoms with Crippen LogP contribution in [-0.4, -0.2) is 4.40 Å². The van der Waals surface area contributed by atoms with Crippen LogP contribution in [-0.2, 0) is 6.42 Å². The number of rotatable bonds is 2. The van der Waals surface area contributed by atoms with Gasteiger partial charge in [-0.15, -0.1) is 0 Å². The second-order valence-electron chi connectivity index (χ2n) is 7.96. The molecule has 0 aliphatic heterocycles. The first kappa shape index (κ1) is 16.4. The molecule has 1 heteroatoms. The lowest BCUT2D eigenvalue weighted by molar-refractivity contribution is 1.17. The van der Waals surface area contributed by atoms with Gasteiger partial charge in [-0.3, -0.25) is 0 Å². The first-order valence-corrected chi connectivity index (χ1v) is 10.2. The Bertz CT molecular complexity index is 1370. The van der Waals surface area contributed by atoms with E-state index in [4.69, 9.17) is 0 Å². The monoisotopic (exact) mass is 371 g/mol. The molecule has 0 spiro atoms. The van der Waals surface area contributed by atoms with Gasteiger partial charge in [-0.25, -0.2) is 0 Å². The van der Waals surface area contributed by atoms with E-state index < -0.39 is 0 Å². The minimum absolute atomic E-state index is 1.02. The quantitative estimate of drug-likeness (QED) is 0.304. The van der Waals surface area contributed by atoms with Gasteiger partial charge < -0.3 is 4.40 Å². The molecule has 138 valence electrons. The highest BCUT2D eigenvalue weighted by Crippen LogP contribution is 2.42. The van der Waals surface area contributed by atoms with Gasteiger partial charge >= 0.3 is 0 Å². The fourth-order valence-corrected chi connectivity index (χ4v) is 4.75. The predicted octanol–water partition coefficient (Wildman–Crippen LogP) is 7.15. The molecule has 5 aromatic rings. The van der Waals surface area contributed by atoms with Crippen molar-refractivity contribution in [2.45, 2.75) is 13.3 Å². The van der Waals surface area contributed by atoms with E-state index in [1.54, 1.807) is 0 Å². The van der Waals surface area contributed by atoms with E-state index in [0.717, 1.165) is 6.42 Å². The maximum atomic E-state index is 2.35. The zero-order valence-electron chi connectivity index (χ0n) is 16.4. The van der Waals surface area contributed by atoms with Crippen molar-refractivity contribution in [2.24, 2.45) is 0 Å². The molecule has 0 unspecified atom stereocenters. The third-order valence-corrected chi connectivity index (χ3v) is 6.18. The Labute approximate surface area is 170 Å². The SMILES string of the molecule is Cc1cn2cc(-c3ccccc3)cc2cc1-c1cccc2c1Cc1ccccc1-2. The normalized spacial score (nSPS) is 12.2. The number of nitrogens with zero attached hydrogens (tertiary/aromatic N) is 1. The number of pyridine rings is 1. The van der Waals surface area contributed by atoms with E-state index in [0.29, 0.717) is 0 Å². The molecule has 0 N–H and O–H groups in total. The van der Waals surface area contributed by atoms with Gasteiger partial charge in [0.15, 0.2) is 0 Å². The van der Waals surface area contributed by atoms with Gasteiger partial charge in [0, 0.05) is 23.5 Å². The maximum absolute atomic E-state index is 2.35. The van der Waals surface area contributed by atoms with Crippen LogP contribution >= 0.6 is 0 Å². The Hall–Kier alpha value is -3.58. The first-order chi connectivity index (χ1) is 14.3. The molecule has 3 aromatic carbocycles. The Kier molecular flexibility index (Phi) is 3.51. The fraction of sp³-hybridized carbons (Fsp3) is 0.0714. The van der Waals surface area contributed by atoms with Gasteiger partial charge in [0.05, 0.1) is 0 Å². The Balaban J connectivity index is 1.52. The maximum Gasteiger partial charge on any atom is 0.0462 e. The minimum atomic E-state index is 1.02. The average molecular weight is 371 g/mol. The van der Waals surface area contributed by atoms with Crippen LogP contribution in [0.15, 0.2) is 97.3 Å². The summed E-state index contributed by atoms with van der Waals surface area (Å²) in [4.78, 5) is 0. The molecule has 6 rings (SSSR count). The highest BCUT2D eigenvalue weighted by molar-refractivity contribution is 5.87. The topological polar surface area (TPSA) is 4.41 Å². The van der Waals surface area contributed by atoms with Crippen molar-refractivity contribution in [1.82, 2.24) is 4.40 Å². The van der Waals surface area contributed by atoms with Crippen molar-refractivity contribution in [3.05, 3.63) is 114 Å². The van der Waals surface area contributed by atoms with Crippen molar-refractivity contribution in [2.75, 3.05) is 0 Å². The lowest BCUT2D eigenvalue weighted by Crippen LogP contribution is -1.93. The first-order valence-electron chi connectivity index (χ1n) is 10.2. The molecule has 0 fully saturated rings. The number of hydrogen-bond acceptors (Lipinski definition) is 0. The van der Waals surface area contributed by atoms with E-state index in [1.807, 2.05) is 0 Å².